The predicted octanol–water partition coefficient (Wildman–Crippen LogP) is 1.11. The van der Waals surface area contributed by atoms with Crippen LogP contribution in [0.4, 0.5) is 5.69 Å². The average Bonchev–Trinajstić information content (AvgIpc) is 2.47. The lowest BCUT2D eigenvalue weighted by Gasteiger charge is -2.38. The number of piperazine rings is 1. The molecule has 2 rings (SSSR count). The molecule has 0 saturated carbocycles. The highest BCUT2D eigenvalue weighted by Crippen LogP contribution is 2.11. The Bertz CT molecular complexity index is 460. The summed E-state index contributed by atoms with van der Waals surface area (Å²) in [6.07, 6.45) is 0.534. The molecule has 1 aromatic rings. The van der Waals surface area contributed by atoms with Gasteiger partial charge in [-0.15, -0.1) is 0 Å². The highest BCUT2D eigenvalue weighted by molar-refractivity contribution is 5.90. The molecular formula is C16H26N4O. The third kappa shape index (κ3) is 4.81. The lowest BCUT2D eigenvalue weighted by atomic mass is 10.2. The second-order valence-corrected chi connectivity index (χ2v) is 5.85. The lowest BCUT2D eigenvalue weighted by molar-refractivity contribution is -0.116. The Kier molecular flexibility index (Phi) is 5.73. The average molecular weight is 290 g/mol. The standard InChI is InChI=1S/C16H26N4O/c1-13-12-19(2)9-10-20(13)8-7-16(21)18-15-5-3-14(11-17)4-6-15/h3-6,13H,7-12,17H2,1-2H3,(H,18,21). The predicted molar refractivity (Wildman–Crippen MR) is 86.1 cm³/mol. The fourth-order valence-corrected chi connectivity index (χ4v) is 2.70. The molecule has 5 nitrogen and oxygen atoms in total. The summed E-state index contributed by atoms with van der Waals surface area (Å²) in [7, 11) is 2.14. The number of likely N-dealkylation sites (N-methyl/N-ethyl adjacent to an activating group) is 1. The van der Waals surface area contributed by atoms with Crippen LogP contribution in [0.25, 0.3) is 0 Å². The third-order valence-corrected chi connectivity index (χ3v) is 4.07. The second-order valence-electron chi connectivity index (χ2n) is 5.85. The number of anilines is 1. The lowest BCUT2D eigenvalue weighted by Crippen LogP contribution is -2.50. The van der Waals surface area contributed by atoms with E-state index in [9.17, 15) is 4.79 Å². The van der Waals surface area contributed by atoms with Crippen molar-refractivity contribution in [1.29, 1.82) is 0 Å². The summed E-state index contributed by atoms with van der Waals surface area (Å²) < 4.78 is 0. The molecule has 1 heterocycles. The quantitative estimate of drug-likeness (QED) is 0.853. The first-order chi connectivity index (χ1) is 10.1. The Morgan fingerprint density at radius 3 is 2.67 bits per heavy atom. The van der Waals surface area contributed by atoms with E-state index in [0.717, 1.165) is 37.4 Å². The molecule has 5 heteroatoms. The monoisotopic (exact) mass is 290 g/mol. The molecule has 1 saturated heterocycles. The van der Waals surface area contributed by atoms with E-state index in [1.54, 1.807) is 0 Å². The normalized spacial score (nSPS) is 20.4. The molecule has 1 atom stereocenters. The molecule has 1 aliphatic rings. The largest absolute Gasteiger partial charge is 0.326 e. The van der Waals surface area contributed by atoms with E-state index < -0.39 is 0 Å². The van der Waals surface area contributed by atoms with Gasteiger partial charge in [0.2, 0.25) is 5.91 Å². The van der Waals surface area contributed by atoms with Crippen molar-refractivity contribution in [3.8, 4) is 0 Å². The van der Waals surface area contributed by atoms with E-state index in [-0.39, 0.29) is 5.91 Å². The molecule has 1 aromatic carbocycles. The highest BCUT2D eigenvalue weighted by atomic mass is 16.1. The van der Waals surface area contributed by atoms with Crippen LogP contribution < -0.4 is 11.1 Å². The van der Waals surface area contributed by atoms with Gasteiger partial charge < -0.3 is 16.0 Å². The van der Waals surface area contributed by atoms with Gasteiger partial charge in [-0.3, -0.25) is 9.69 Å². The minimum Gasteiger partial charge on any atom is -0.326 e. The van der Waals surface area contributed by atoms with E-state index in [2.05, 4.69) is 29.1 Å². The van der Waals surface area contributed by atoms with Crippen LogP contribution in [-0.2, 0) is 11.3 Å². The van der Waals surface area contributed by atoms with Gasteiger partial charge in [0.05, 0.1) is 0 Å². The van der Waals surface area contributed by atoms with Crippen LogP contribution in [0.5, 0.6) is 0 Å². The van der Waals surface area contributed by atoms with Crippen molar-refractivity contribution in [3.63, 3.8) is 0 Å². The maximum atomic E-state index is 12.0. The number of benzene rings is 1. The first-order valence-electron chi connectivity index (χ1n) is 7.60. The Hall–Kier alpha value is -1.43. The van der Waals surface area contributed by atoms with Gasteiger partial charge in [0, 0.05) is 50.9 Å². The summed E-state index contributed by atoms with van der Waals surface area (Å²) in [5.74, 6) is 0.0710. The molecule has 116 valence electrons. The van der Waals surface area contributed by atoms with E-state index in [4.69, 9.17) is 5.73 Å². The van der Waals surface area contributed by atoms with Crippen molar-refractivity contribution in [2.45, 2.75) is 25.9 Å². The molecule has 0 radical (unpaired) electrons. The van der Waals surface area contributed by atoms with Crippen LogP contribution in [0.15, 0.2) is 24.3 Å². The molecule has 1 unspecified atom stereocenters. The van der Waals surface area contributed by atoms with Gasteiger partial charge in [-0.1, -0.05) is 12.1 Å². The SMILES string of the molecule is CC1CN(C)CCN1CCC(=O)Nc1ccc(CN)cc1. The highest BCUT2D eigenvalue weighted by Gasteiger charge is 2.21. The maximum Gasteiger partial charge on any atom is 0.225 e. The van der Waals surface area contributed by atoms with Crippen molar-refractivity contribution in [3.05, 3.63) is 29.8 Å². The summed E-state index contributed by atoms with van der Waals surface area (Å²) in [5.41, 5.74) is 7.46. The first kappa shape index (κ1) is 15.9. The molecule has 1 aliphatic heterocycles. The molecule has 0 bridgehead atoms. The Labute approximate surface area is 127 Å². The zero-order chi connectivity index (χ0) is 15.2. The minimum absolute atomic E-state index is 0.0710. The fraction of sp³-hybridized carbons (Fsp3) is 0.562. The number of carbonyl (C=O) groups excluding carboxylic acids is 1. The summed E-state index contributed by atoms with van der Waals surface area (Å²) in [5, 5.41) is 2.94. The van der Waals surface area contributed by atoms with Gasteiger partial charge in [0.25, 0.3) is 0 Å². The number of nitrogens with zero attached hydrogens (tertiary/aromatic N) is 2. The molecule has 0 aliphatic carbocycles. The number of rotatable bonds is 5. The molecule has 3 N–H and O–H groups in total. The number of hydrogen-bond donors (Lipinski definition) is 2. The van der Waals surface area contributed by atoms with E-state index in [1.807, 2.05) is 24.3 Å². The Morgan fingerprint density at radius 2 is 2.05 bits per heavy atom. The van der Waals surface area contributed by atoms with Gasteiger partial charge in [0.15, 0.2) is 0 Å². The van der Waals surface area contributed by atoms with Gasteiger partial charge in [-0.2, -0.15) is 0 Å². The Morgan fingerprint density at radius 1 is 1.33 bits per heavy atom. The zero-order valence-electron chi connectivity index (χ0n) is 13.0. The number of amides is 1. The van der Waals surface area contributed by atoms with E-state index in [0.29, 0.717) is 19.0 Å². The van der Waals surface area contributed by atoms with Crippen molar-refractivity contribution >= 4 is 11.6 Å². The fourth-order valence-electron chi connectivity index (χ4n) is 2.70. The smallest absolute Gasteiger partial charge is 0.225 e. The summed E-state index contributed by atoms with van der Waals surface area (Å²) in [6, 6.07) is 8.20. The minimum atomic E-state index is 0.0710. The van der Waals surface area contributed by atoms with E-state index >= 15 is 0 Å². The molecule has 0 spiro atoms. The molecule has 0 aromatic heterocycles. The van der Waals surface area contributed by atoms with Crippen LogP contribution in [0.3, 0.4) is 0 Å². The Balaban J connectivity index is 1.76. The van der Waals surface area contributed by atoms with Gasteiger partial charge in [0.1, 0.15) is 0 Å². The maximum absolute atomic E-state index is 12.0. The van der Waals surface area contributed by atoms with Crippen LogP contribution in [0.2, 0.25) is 0 Å². The zero-order valence-corrected chi connectivity index (χ0v) is 13.0. The van der Waals surface area contributed by atoms with Crippen LogP contribution in [0.1, 0.15) is 18.9 Å². The van der Waals surface area contributed by atoms with E-state index in [1.165, 1.54) is 0 Å². The van der Waals surface area contributed by atoms with Gasteiger partial charge in [-0.25, -0.2) is 0 Å². The third-order valence-electron chi connectivity index (χ3n) is 4.07. The summed E-state index contributed by atoms with van der Waals surface area (Å²) in [6.45, 7) is 6.75. The molecular weight excluding hydrogens is 264 g/mol. The summed E-state index contributed by atoms with van der Waals surface area (Å²) >= 11 is 0. The van der Waals surface area contributed by atoms with Gasteiger partial charge >= 0.3 is 0 Å². The van der Waals surface area contributed by atoms with Gasteiger partial charge in [-0.05, 0) is 31.7 Å². The molecule has 1 fully saturated rings. The number of nitrogens with two attached hydrogens (primary N) is 1. The van der Waals surface area contributed by atoms with Crippen molar-refractivity contribution < 1.29 is 4.79 Å². The molecule has 21 heavy (non-hydrogen) atoms. The first-order valence-corrected chi connectivity index (χ1v) is 7.60. The topological polar surface area (TPSA) is 61.6 Å². The number of carbonyl (C=O) groups is 1. The van der Waals surface area contributed by atoms with Crippen molar-refractivity contribution in [2.75, 3.05) is 38.5 Å². The van der Waals surface area contributed by atoms with Crippen molar-refractivity contribution in [2.24, 2.45) is 5.73 Å². The summed E-state index contributed by atoms with van der Waals surface area (Å²) in [4.78, 5) is 16.7. The number of hydrogen-bond acceptors (Lipinski definition) is 4. The molecule has 1 amide bonds. The second kappa shape index (κ2) is 7.54. The number of nitrogens with one attached hydrogen (secondary N) is 1. The van der Waals surface area contributed by atoms with Crippen molar-refractivity contribution in [1.82, 2.24) is 9.80 Å². The van der Waals surface area contributed by atoms with Crippen LogP contribution in [-0.4, -0.2) is 55.0 Å². The van der Waals surface area contributed by atoms with Crippen LogP contribution >= 0.6 is 0 Å². The van der Waals surface area contributed by atoms with Crippen LogP contribution in [0, 0.1) is 0 Å².